The monoisotopic (exact) mass is 333 g/mol. The molecule has 0 unspecified atom stereocenters. The van der Waals surface area contributed by atoms with Crippen molar-refractivity contribution in [2.24, 2.45) is 5.92 Å². The fourth-order valence-corrected chi connectivity index (χ4v) is 2.29. The van der Waals surface area contributed by atoms with E-state index in [0.29, 0.717) is 12.4 Å². The van der Waals surface area contributed by atoms with E-state index >= 15 is 0 Å². The minimum Gasteiger partial charge on any atom is -0.449 e. The van der Waals surface area contributed by atoms with Crippen LogP contribution >= 0.6 is 0 Å². The highest BCUT2D eigenvalue weighted by molar-refractivity contribution is 5.84. The molecule has 2 aromatic heterocycles. The molecule has 0 spiro atoms. The number of carbonyl (C=O) groups is 1. The first kappa shape index (κ1) is 16.0. The van der Waals surface area contributed by atoms with Crippen molar-refractivity contribution >= 4 is 23.5 Å². The van der Waals surface area contributed by atoms with Gasteiger partial charge >= 0.3 is 11.8 Å². The maximum atomic E-state index is 11.9. The van der Waals surface area contributed by atoms with Crippen molar-refractivity contribution < 1.29 is 14.1 Å². The zero-order valence-electron chi connectivity index (χ0n) is 13.6. The van der Waals surface area contributed by atoms with E-state index in [0.717, 1.165) is 17.5 Å². The highest BCUT2D eigenvalue weighted by atomic mass is 16.6. The summed E-state index contributed by atoms with van der Waals surface area (Å²) in [6.45, 7) is 5.66. The maximum absolute atomic E-state index is 11.9. The Kier molecular flexibility index (Phi) is 4.50. The lowest BCUT2D eigenvalue weighted by molar-refractivity contribution is 0.147. The Bertz CT molecular complexity index is 823. The Morgan fingerprint density at radius 1 is 1.42 bits per heavy atom. The van der Waals surface area contributed by atoms with Crippen molar-refractivity contribution in [2.75, 3.05) is 29.9 Å². The summed E-state index contributed by atoms with van der Waals surface area (Å²) in [7, 11) is 0. The van der Waals surface area contributed by atoms with Crippen LogP contribution in [0.1, 0.15) is 20.3 Å². The summed E-state index contributed by atoms with van der Waals surface area (Å²) in [5.41, 5.74) is 0. The van der Waals surface area contributed by atoms with Crippen molar-refractivity contribution in [2.45, 2.75) is 20.3 Å². The van der Waals surface area contributed by atoms with Gasteiger partial charge in [-0.15, -0.1) is 9.56 Å². The summed E-state index contributed by atoms with van der Waals surface area (Å²) in [4.78, 5) is 33.4. The second kappa shape index (κ2) is 6.73. The van der Waals surface area contributed by atoms with Gasteiger partial charge in [0.25, 0.3) is 5.78 Å². The van der Waals surface area contributed by atoms with Crippen LogP contribution in [0, 0.1) is 5.92 Å². The lowest BCUT2D eigenvalue weighted by Crippen LogP contribution is -2.28. The van der Waals surface area contributed by atoms with Crippen LogP contribution in [-0.4, -0.2) is 40.3 Å². The van der Waals surface area contributed by atoms with Crippen molar-refractivity contribution in [3.05, 3.63) is 28.8 Å². The molecule has 0 saturated carbocycles. The zero-order chi connectivity index (χ0) is 17.1. The van der Waals surface area contributed by atoms with Crippen molar-refractivity contribution in [3.8, 4) is 0 Å². The van der Waals surface area contributed by atoms with Crippen molar-refractivity contribution in [1.29, 1.82) is 0 Å². The van der Waals surface area contributed by atoms with Gasteiger partial charge in [0.15, 0.2) is 5.82 Å². The van der Waals surface area contributed by atoms with Crippen LogP contribution in [0.4, 0.5) is 16.4 Å². The molecule has 0 atom stereocenters. The molecule has 24 heavy (non-hydrogen) atoms. The van der Waals surface area contributed by atoms with Gasteiger partial charge in [0, 0.05) is 19.2 Å². The summed E-state index contributed by atoms with van der Waals surface area (Å²) in [5, 5.41) is 2.58. The van der Waals surface area contributed by atoms with Gasteiger partial charge in [0.05, 0.1) is 6.61 Å². The van der Waals surface area contributed by atoms with Crippen LogP contribution in [0.25, 0.3) is 5.78 Å². The Balaban J connectivity index is 1.90. The second-order valence-electron chi connectivity index (χ2n) is 5.89. The summed E-state index contributed by atoms with van der Waals surface area (Å²) >= 11 is 0. The number of nitrogens with zero attached hydrogens (tertiary/aromatic N) is 4. The minimum atomic E-state index is -0.781. The van der Waals surface area contributed by atoms with E-state index in [1.807, 2.05) is 24.8 Å². The van der Waals surface area contributed by atoms with Gasteiger partial charge in [-0.05, 0) is 12.3 Å². The first-order valence-corrected chi connectivity index (χ1v) is 7.78. The molecular formula is C15H19N5O4. The van der Waals surface area contributed by atoms with Crippen LogP contribution in [0.3, 0.4) is 0 Å². The van der Waals surface area contributed by atoms with Gasteiger partial charge in [-0.1, -0.05) is 26.0 Å². The molecule has 3 rings (SSSR count). The van der Waals surface area contributed by atoms with Gasteiger partial charge in [0.2, 0.25) is 0 Å². The summed E-state index contributed by atoms with van der Waals surface area (Å²) in [5.74, 6) is 0.373. The lowest BCUT2D eigenvalue weighted by Gasteiger charge is -2.24. The molecule has 0 fully saturated rings. The van der Waals surface area contributed by atoms with Crippen LogP contribution in [0.15, 0.2) is 27.5 Å². The predicted octanol–water partition coefficient (Wildman–Crippen LogP) is 1.65. The van der Waals surface area contributed by atoms with Crippen molar-refractivity contribution in [3.63, 3.8) is 0 Å². The molecule has 1 aliphatic rings. The number of rotatable bonds is 4. The van der Waals surface area contributed by atoms with Gasteiger partial charge in [-0.2, -0.15) is 4.98 Å². The quantitative estimate of drug-likeness (QED) is 0.849. The molecule has 128 valence electrons. The average Bonchev–Trinajstić information content (AvgIpc) is 2.94. The summed E-state index contributed by atoms with van der Waals surface area (Å²) in [6.07, 6.45) is 4.40. The lowest BCUT2D eigenvalue weighted by atomic mass is 10.2. The van der Waals surface area contributed by atoms with E-state index in [4.69, 9.17) is 9.26 Å². The highest BCUT2D eigenvalue weighted by Gasteiger charge is 2.17. The average molecular weight is 333 g/mol. The standard InChI is InChI=1S/C15H19N5O4/c1-10(2)9-23-14(21)17-12-8-11(19-6-4-3-5-7-19)16-13-18-15(22)24-20(12)13/h3-4,8,10H,5-7,9H2,1-2H3,(H,17,21). The SMILES string of the molecule is CC(C)COC(=O)Nc1cc(N2CC=CCC2)nc2nc(=O)on12. The Morgan fingerprint density at radius 3 is 2.96 bits per heavy atom. The third kappa shape index (κ3) is 3.55. The molecule has 0 bridgehead atoms. The van der Waals surface area contributed by atoms with Gasteiger partial charge in [0.1, 0.15) is 5.82 Å². The Labute approximate surface area is 137 Å². The van der Waals surface area contributed by atoms with E-state index < -0.39 is 11.8 Å². The number of carbonyl (C=O) groups excluding carboxylic acids is 1. The molecule has 1 N–H and O–H groups in total. The normalized spacial score (nSPS) is 14.4. The molecule has 9 heteroatoms. The molecule has 0 radical (unpaired) electrons. The summed E-state index contributed by atoms with van der Waals surface area (Å²) in [6, 6.07) is 1.63. The number of aromatic nitrogens is 3. The maximum Gasteiger partial charge on any atom is 0.461 e. The number of hydrogen-bond acceptors (Lipinski definition) is 7. The molecule has 0 aromatic carbocycles. The number of ether oxygens (including phenoxy) is 1. The number of amides is 1. The Hall–Kier alpha value is -2.84. The first-order chi connectivity index (χ1) is 11.5. The smallest absolute Gasteiger partial charge is 0.449 e. The molecule has 1 amide bonds. The van der Waals surface area contributed by atoms with Gasteiger partial charge < -0.3 is 14.2 Å². The summed E-state index contributed by atoms with van der Waals surface area (Å²) < 4.78 is 11.1. The number of nitrogens with one attached hydrogen (secondary N) is 1. The third-order valence-electron chi connectivity index (χ3n) is 3.40. The molecule has 9 nitrogen and oxygen atoms in total. The van der Waals surface area contributed by atoms with E-state index in [2.05, 4.69) is 21.4 Å². The minimum absolute atomic E-state index is 0.0891. The Morgan fingerprint density at radius 2 is 2.25 bits per heavy atom. The number of hydrogen-bond donors (Lipinski definition) is 1. The molecule has 3 heterocycles. The van der Waals surface area contributed by atoms with Crippen LogP contribution in [-0.2, 0) is 4.74 Å². The van der Waals surface area contributed by atoms with Gasteiger partial charge in [-0.25, -0.2) is 9.59 Å². The van der Waals surface area contributed by atoms with E-state index in [1.165, 1.54) is 0 Å². The van der Waals surface area contributed by atoms with E-state index in [-0.39, 0.29) is 24.1 Å². The first-order valence-electron chi connectivity index (χ1n) is 7.78. The van der Waals surface area contributed by atoms with Crippen LogP contribution in [0.2, 0.25) is 0 Å². The molecule has 2 aromatic rings. The predicted molar refractivity (Wildman–Crippen MR) is 87.3 cm³/mol. The van der Waals surface area contributed by atoms with Crippen LogP contribution < -0.4 is 16.0 Å². The van der Waals surface area contributed by atoms with Crippen LogP contribution in [0.5, 0.6) is 0 Å². The van der Waals surface area contributed by atoms with E-state index in [9.17, 15) is 9.59 Å². The fourth-order valence-electron chi connectivity index (χ4n) is 2.29. The number of anilines is 2. The molecule has 0 aliphatic carbocycles. The fraction of sp³-hybridized carbons (Fsp3) is 0.467. The van der Waals surface area contributed by atoms with E-state index in [1.54, 1.807) is 6.07 Å². The highest BCUT2D eigenvalue weighted by Crippen LogP contribution is 2.20. The molecule has 1 aliphatic heterocycles. The van der Waals surface area contributed by atoms with Crippen molar-refractivity contribution in [1.82, 2.24) is 14.5 Å². The molecule has 0 saturated heterocycles. The largest absolute Gasteiger partial charge is 0.461 e. The third-order valence-corrected chi connectivity index (χ3v) is 3.40. The van der Waals surface area contributed by atoms with Gasteiger partial charge in [-0.3, -0.25) is 5.32 Å². The number of fused-ring (bicyclic) bond motifs is 1. The second-order valence-corrected chi connectivity index (χ2v) is 5.89. The topological polar surface area (TPSA) is 102 Å². The zero-order valence-corrected chi connectivity index (χ0v) is 13.6. The molecular weight excluding hydrogens is 314 g/mol.